The summed E-state index contributed by atoms with van der Waals surface area (Å²) >= 11 is 4.72. The number of aromatic nitrogens is 2. The third-order valence-electron chi connectivity index (χ3n) is 3.44. The predicted octanol–water partition coefficient (Wildman–Crippen LogP) is 1.80. The highest BCUT2D eigenvalue weighted by atomic mass is 79.9. The summed E-state index contributed by atoms with van der Waals surface area (Å²) in [5, 5.41) is 10.00. The summed E-state index contributed by atoms with van der Waals surface area (Å²) in [5.41, 5.74) is 0.368. The molecule has 2 rings (SSSR count). The number of thioether (sulfide) groups is 1. The van der Waals surface area contributed by atoms with E-state index in [1.54, 1.807) is 11.1 Å². The lowest BCUT2D eigenvalue weighted by Crippen LogP contribution is -2.40. The zero-order valence-electron chi connectivity index (χ0n) is 10.8. The number of carbonyl (C=O) groups excluding carboxylic acids is 1. The van der Waals surface area contributed by atoms with E-state index in [0.717, 1.165) is 6.42 Å². The molecule has 19 heavy (non-hydrogen) atoms. The van der Waals surface area contributed by atoms with Crippen molar-refractivity contribution in [1.29, 1.82) is 0 Å². The lowest BCUT2D eigenvalue weighted by Gasteiger charge is -2.25. The van der Waals surface area contributed by atoms with Crippen molar-refractivity contribution >= 4 is 33.6 Å². The molecule has 104 valence electrons. The number of halogens is 1. The monoisotopic (exact) mass is 345 g/mol. The lowest BCUT2D eigenvalue weighted by molar-refractivity contribution is 0.0640. The highest BCUT2D eigenvalue weighted by Gasteiger charge is 2.35. The van der Waals surface area contributed by atoms with Crippen molar-refractivity contribution in [2.24, 2.45) is 5.92 Å². The summed E-state index contributed by atoms with van der Waals surface area (Å²) in [5.74, 6) is 0.169. The van der Waals surface area contributed by atoms with Gasteiger partial charge in [0.05, 0.1) is 17.1 Å². The molecule has 0 aromatic carbocycles. The molecule has 0 unspecified atom stereocenters. The maximum atomic E-state index is 12.5. The van der Waals surface area contributed by atoms with Crippen LogP contribution in [0.5, 0.6) is 0 Å². The summed E-state index contributed by atoms with van der Waals surface area (Å²) < 4.78 is 0.589. The second kappa shape index (κ2) is 6.19. The van der Waals surface area contributed by atoms with Crippen LogP contribution in [0.4, 0.5) is 0 Å². The molecule has 1 saturated heterocycles. The van der Waals surface area contributed by atoms with Gasteiger partial charge in [0.25, 0.3) is 5.91 Å². The normalized spacial score (nSPS) is 22.8. The van der Waals surface area contributed by atoms with Crippen LogP contribution >= 0.6 is 27.7 Å². The zero-order chi connectivity index (χ0) is 14.0. The molecule has 1 aromatic rings. The fourth-order valence-electron chi connectivity index (χ4n) is 2.27. The Morgan fingerprint density at radius 3 is 3.05 bits per heavy atom. The average Bonchev–Trinajstić information content (AvgIpc) is 2.79. The minimum atomic E-state index is -0.145. The number of nitrogens with zero attached hydrogens (tertiary/aromatic N) is 3. The maximum absolute atomic E-state index is 12.5. The lowest BCUT2D eigenvalue weighted by atomic mass is 10.0. The van der Waals surface area contributed by atoms with Gasteiger partial charge in [-0.2, -0.15) is 0 Å². The van der Waals surface area contributed by atoms with E-state index in [4.69, 9.17) is 0 Å². The molecular formula is C12H16BrN3O2S. The second-order valence-corrected chi connectivity index (χ2v) is 6.20. The van der Waals surface area contributed by atoms with Crippen LogP contribution in [0.3, 0.4) is 0 Å². The van der Waals surface area contributed by atoms with E-state index < -0.39 is 0 Å². The van der Waals surface area contributed by atoms with Crippen LogP contribution in [0.2, 0.25) is 0 Å². The van der Waals surface area contributed by atoms with Crippen molar-refractivity contribution < 1.29 is 9.90 Å². The summed E-state index contributed by atoms with van der Waals surface area (Å²) in [7, 11) is 0. The number of aliphatic hydroxyl groups is 1. The van der Waals surface area contributed by atoms with Crippen LogP contribution in [0, 0.1) is 5.92 Å². The molecule has 1 aromatic heterocycles. The van der Waals surface area contributed by atoms with Gasteiger partial charge in [-0.15, -0.1) is 0 Å². The Bertz CT molecular complexity index is 486. The molecule has 0 saturated carbocycles. The largest absolute Gasteiger partial charge is 0.394 e. The van der Waals surface area contributed by atoms with Crippen LogP contribution in [-0.2, 0) is 0 Å². The number of likely N-dealkylation sites (tertiary alicyclic amines) is 1. The number of aliphatic hydroxyl groups excluding tert-OH is 1. The Morgan fingerprint density at radius 1 is 1.68 bits per heavy atom. The summed E-state index contributed by atoms with van der Waals surface area (Å²) in [6, 6.07) is -0.118. The molecule has 0 spiro atoms. The van der Waals surface area contributed by atoms with Gasteiger partial charge in [-0.25, -0.2) is 9.97 Å². The van der Waals surface area contributed by atoms with E-state index in [0.29, 0.717) is 27.8 Å². The van der Waals surface area contributed by atoms with Crippen LogP contribution in [0.1, 0.15) is 23.8 Å². The number of hydrogen-bond acceptors (Lipinski definition) is 5. The molecule has 1 N–H and O–H groups in total. The molecule has 7 heteroatoms. The molecule has 2 heterocycles. The molecule has 0 aliphatic carbocycles. The van der Waals surface area contributed by atoms with E-state index in [2.05, 4.69) is 32.8 Å². The minimum Gasteiger partial charge on any atom is -0.394 e. The molecule has 1 amide bonds. The van der Waals surface area contributed by atoms with Crippen molar-refractivity contribution in [3.63, 3.8) is 0 Å². The molecule has 1 aliphatic rings. The van der Waals surface area contributed by atoms with Crippen LogP contribution < -0.4 is 0 Å². The molecule has 0 radical (unpaired) electrons. The quantitative estimate of drug-likeness (QED) is 0.668. The second-order valence-electron chi connectivity index (χ2n) is 4.57. The average molecular weight is 346 g/mol. The van der Waals surface area contributed by atoms with Gasteiger partial charge < -0.3 is 10.0 Å². The van der Waals surface area contributed by atoms with E-state index >= 15 is 0 Å². The molecule has 0 bridgehead atoms. The Hall–Kier alpha value is -0.660. The third-order valence-corrected chi connectivity index (χ3v) is 4.58. The zero-order valence-corrected chi connectivity index (χ0v) is 13.2. The Balaban J connectivity index is 2.29. The van der Waals surface area contributed by atoms with Gasteiger partial charge in [0, 0.05) is 12.7 Å². The van der Waals surface area contributed by atoms with Gasteiger partial charge in [-0.1, -0.05) is 18.7 Å². The Morgan fingerprint density at radius 2 is 2.42 bits per heavy atom. The summed E-state index contributed by atoms with van der Waals surface area (Å²) in [4.78, 5) is 22.6. The first-order valence-corrected chi connectivity index (χ1v) is 8.08. The highest BCUT2D eigenvalue weighted by Crippen LogP contribution is 2.27. The van der Waals surface area contributed by atoms with E-state index in [9.17, 15) is 9.90 Å². The first-order chi connectivity index (χ1) is 9.08. The summed E-state index contributed by atoms with van der Waals surface area (Å²) in [6.45, 7) is 2.71. The van der Waals surface area contributed by atoms with Gasteiger partial charge in [0.1, 0.15) is 5.69 Å². The molecular weight excluding hydrogens is 330 g/mol. The topological polar surface area (TPSA) is 66.3 Å². The number of amides is 1. The van der Waals surface area contributed by atoms with Crippen molar-refractivity contribution in [2.45, 2.75) is 24.5 Å². The predicted molar refractivity (Wildman–Crippen MR) is 77.2 cm³/mol. The fourth-order valence-corrected chi connectivity index (χ4v) is 2.98. The van der Waals surface area contributed by atoms with E-state index in [-0.39, 0.29) is 18.6 Å². The minimum absolute atomic E-state index is 0.00893. The highest BCUT2D eigenvalue weighted by molar-refractivity contribution is 9.10. The van der Waals surface area contributed by atoms with Crippen molar-refractivity contribution in [1.82, 2.24) is 14.9 Å². The van der Waals surface area contributed by atoms with Crippen LogP contribution in [0.25, 0.3) is 0 Å². The fraction of sp³-hybridized carbons (Fsp3) is 0.583. The van der Waals surface area contributed by atoms with Crippen molar-refractivity contribution in [3.8, 4) is 0 Å². The first kappa shape index (κ1) is 14.7. The Kier molecular flexibility index (Phi) is 4.81. The summed E-state index contributed by atoms with van der Waals surface area (Å²) in [6.07, 6.45) is 4.38. The molecule has 5 nitrogen and oxygen atoms in total. The van der Waals surface area contributed by atoms with E-state index in [1.807, 2.05) is 6.26 Å². The number of rotatable bonds is 3. The van der Waals surface area contributed by atoms with Gasteiger partial charge in [0.15, 0.2) is 5.16 Å². The number of hydrogen-bond donors (Lipinski definition) is 1. The molecule has 1 aliphatic heterocycles. The van der Waals surface area contributed by atoms with Crippen molar-refractivity contribution in [3.05, 3.63) is 16.4 Å². The van der Waals surface area contributed by atoms with Crippen molar-refractivity contribution in [2.75, 3.05) is 19.4 Å². The first-order valence-electron chi connectivity index (χ1n) is 6.06. The van der Waals surface area contributed by atoms with Gasteiger partial charge in [-0.3, -0.25) is 4.79 Å². The Labute approximate surface area is 124 Å². The molecule has 1 fully saturated rings. The third kappa shape index (κ3) is 2.93. The van der Waals surface area contributed by atoms with Crippen LogP contribution in [0.15, 0.2) is 15.8 Å². The number of carbonyl (C=O) groups is 1. The van der Waals surface area contributed by atoms with Gasteiger partial charge in [-0.05, 0) is 34.5 Å². The molecule has 2 atom stereocenters. The maximum Gasteiger partial charge on any atom is 0.274 e. The van der Waals surface area contributed by atoms with Gasteiger partial charge >= 0.3 is 0 Å². The van der Waals surface area contributed by atoms with Gasteiger partial charge in [0.2, 0.25) is 0 Å². The van der Waals surface area contributed by atoms with Crippen LogP contribution in [-0.4, -0.2) is 51.3 Å². The SMILES string of the molecule is CSc1ncc(Br)c(C(=O)N2CC[C@H](C)[C@@H]2CO)n1. The smallest absolute Gasteiger partial charge is 0.274 e. The van der Waals surface area contributed by atoms with E-state index in [1.165, 1.54) is 11.8 Å². The standard InChI is InChI=1S/C12H16BrN3O2S/c1-7-3-4-16(9(7)6-17)11(18)10-8(13)5-14-12(15-10)19-2/h5,7,9,17H,3-4,6H2,1-2H3/t7-,9-/m0/s1.